The van der Waals surface area contributed by atoms with Crippen molar-refractivity contribution >= 4 is 27.5 Å². The number of nitrogens with zero attached hydrogens (tertiary/aromatic N) is 1. The Hall–Kier alpha value is -1.10. The first-order valence-electron chi connectivity index (χ1n) is 5.72. The summed E-state index contributed by atoms with van der Waals surface area (Å²) in [5.41, 5.74) is 1.47. The Balaban J connectivity index is 2.21. The molecule has 5 heteroatoms. The maximum atomic E-state index is 10.3. The van der Waals surface area contributed by atoms with Crippen LogP contribution in [0.4, 0.5) is 0 Å². The molecule has 1 atom stereocenters. The maximum Gasteiger partial charge on any atom is 0.124 e. The van der Waals surface area contributed by atoms with Crippen LogP contribution in [-0.4, -0.2) is 17.2 Å². The van der Waals surface area contributed by atoms with E-state index in [2.05, 4.69) is 20.9 Å². The second kappa shape index (κ2) is 6.37. The van der Waals surface area contributed by atoms with Crippen LogP contribution in [0, 0.1) is 0 Å². The van der Waals surface area contributed by atoms with Crippen molar-refractivity contribution in [2.45, 2.75) is 12.5 Å². The zero-order chi connectivity index (χ0) is 13.8. The van der Waals surface area contributed by atoms with Gasteiger partial charge in [0.1, 0.15) is 5.75 Å². The number of methoxy groups -OCH3 is 1. The van der Waals surface area contributed by atoms with Crippen molar-refractivity contribution in [2.24, 2.45) is 0 Å². The van der Waals surface area contributed by atoms with Crippen molar-refractivity contribution in [1.29, 1.82) is 0 Å². The molecule has 100 valence electrons. The van der Waals surface area contributed by atoms with E-state index >= 15 is 0 Å². The van der Waals surface area contributed by atoms with Crippen molar-refractivity contribution in [3.8, 4) is 5.75 Å². The highest BCUT2D eigenvalue weighted by atomic mass is 79.9. The lowest BCUT2D eigenvalue weighted by Gasteiger charge is -2.15. The third-order valence-corrected chi connectivity index (χ3v) is 3.45. The fourth-order valence-corrected chi connectivity index (χ4v) is 2.22. The Morgan fingerprint density at radius 2 is 2.16 bits per heavy atom. The Kier molecular flexibility index (Phi) is 4.80. The molecule has 0 fully saturated rings. The molecule has 0 saturated carbocycles. The summed E-state index contributed by atoms with van der Waals surface area (Å²) in [6, 6.07) is 8.95. The molecular weight excluding hydrogens is 330 g/mol. The molecule has 3 nitrogen and oxygen atoms in total. The lowest BCUT2D eigenvalue weighted by molar-refractivity contribution is 0.173. The van der Waals surface area contributed by atoms with Crippen molar-refractivity contribution in [3.05, 3.63) is 57.3 Å². The van der Waals surface area contributed by atoms with Gasteiger partial charge in [0.2, 0.25) is 0 Å². The monoisotopic (exact) mass is 341 g/mol. The van der Waals surface area contributed by atoms with Crippen molar-refractivity contribution in [2.75, 3.05) is 7.11 Å². The molecule has 0 bridgehead atoms. The topological polar surface area (TPSA) is 42.4 Å². The van der Waals surface area contributed by atoms with Gasteiger partial charge in [0.25, 0.3) is 0 Å². The minimum Gasteiger partial charge on any atom is -0.496 e. The number of aliphatic hydroxyl groups excluding tert-OH is 1. The molecule has 2 aromatic rings. The molecule has 0 aliphatic heterocycles. The highest BCUT2D eigenvalue weighted by molar-refractivity contribution is 9.10. The molecule has 0 saturated heterocycles. The van der Waals surface area contributed by atoms with Crippen LogP contribution in [0.25, 0.3) is 0 Å². The van der Waals surface area contributed by atoms with Crippen LogP contribution >= 0.6 is 27.5 Å². The van der Waals surface area contributed by atoms with Gasteiger partial charge >= 0.3 is 0 Å². The highest BCUT2D eigenvalue weighted by Gasteiger charge is 2.15. The van der Waals surface area contributed by atoms with Gasteiger partial charge in [-0.2, -0.15) is 0 Å². The molecule has 1 aromatic heterocycles. The number of pyridine rings is 1. The molecule has 1 heterocycles. The number of aliphatic hydroxyl groups is 1. The second-order valence-electron chi connectivity index (χ2n) is 4.07. The standard InChI is InChI=1S/C14H13BrClNO2/c1-19-14-5-3-10(16)6-12(14)13(18)7-11-4-2-9(15)8-17-11/h2-6,8,13,18H,7H2,1H3. The van der Waals surface area contributed by atoms with Crippen LogP contribution < -0.4 is 4.74 Å². The second-order valence-corrected chi connectivity index (χ2v) is 5.43. The van der Waals surface area contributed by atoms with E-state index in [1.807, 2.05) is 12.1 Å². The lowest BCUT2D eigenvalue weighted by atomic mass is 10.0. The first-order chi connectivity index (χ1) is 9.10. The summed E-state index contributed by atoms with van der Waals surface area (Å²) in [6.45, 7) is 0. The summed E-state index contributed by atoms with van der Waals surface area (Å²) in [5.74, 6) is 0.619. The molecule has 2 rings (SSSR count). The van der Waals surface area contributed by atoms with Gasteiger partial charge in [0, 0.05) is 33.4 Å². The fourth-order valence-electron chi connectivity index (χ4n) is 1.80. The van der Waals surface area contributed by atoms with Crippen LogP contribution in [0.3, 0.4) is 0 Å². The highest BCUT2D eigenvalue weighted by Crippen LogP contribution is 2.30. The van der Waals surface area contributed by atoms with Crippen LogP contribution in [0.15, 0.2) is 41.0 Å². The van der Waals surface area contributed by atoms with Crippen molar-refractivity contribution in [1.82, 2.24) is 4.98 Å². The van der Waals surface area contributed by atoms with Gasteiger partial charge in [-0.05, 0) is 46.3 Å². The number of benzene rings is 1. The van der Waals surface area contributed by atoms with Gasteiger partial charge in [-0.15, -0.1) is 0 Å². The van der Waals surface area contributed by atoms with Crippen LogP contribution in [-0.2, 0) is 6.42 Å². The number of ether oxygens (including phenoxy) is 1. The minimum atomic E-state index is -0.706. The maximum absolute atomic E-state index is 10.3. The van der Waals surface area contributed by atoms with E-state index in [1.54, 1.807) is 31.5 Å². The van der Waals surface area contributed by atoms with Gasteiger partial charge in [0.05, 0.1) is 13.2 Å². The zero-order valence-electron chi connectivity index (χ0n) is 10.3. The molecule has 0 radical (unpaired) electrons. The fraction of sp³-hybridized carbons (Fsp3) is 0.214. The summed E-state index contributed by atoms with van der Waals surface area (Å²) in [4.78, 5) is 4.24. The normalized spacial score (nSPS) is 12.2. The molecule has 1 N–H and O–H groups in total. The summed E-state index contributed by atoms with van der Waals surface area (Å²) in [5, 5.41) is 10.9. The number of halogens is 2. The van der Waals surface area contributed by atoms with Crippen LogP contribution in [0.5, 0.6) is 5.75 Å². The molecule has 1 unspecified atom stereocenters. The number of aromatic nitrogens is 1. The third-order valence-electron chi connectivity index (χ3n) is 2.74. The van der Waals surface area contributed by atoms with Crippen molar-refractivity contribution < 1.29 is 9.84 Å². The van der Waals surface area contributed by atoms with E-state index in [0.29, 0.717) is 22.8 Å². The van der Waals surface area contributed by atoms with Gasteiger partial charge in [-0.25, -0.2) is 0 Å². The number of hydrogen-bond donors (Lipinski definition) is 1. The predicted octanol–water partition coefficient (Wildman–Crippen LogP) is 3.78. The molecule has 0 amide bonds. The molecule has 0 aliphatic carbocycles. The van der Waals surface area contributed by atoms with Gasteiger partial charge in [0.15, 0.2) is 0 Å². The van der Waals surface area contributed by atoms with E-state index in [1.165, 1.54) is 0 Å². The van der Waals surface area contributed by atoms with E-state index in [4.69, 9.17) is 16.3 Å². The van der Waals surface area contributed by atoms with E-state index in [0.717, 1.165) is 10.2 Å². The molecule has 19 heavy (non-hydrogen) atoms. The quantitative estimate of drug-likeness (QED) is 0.919. The number of rotatable bonds is 4. The average Bonchev–Trinajstić information content (AvgIpc) is 2.41. The molecule has 0 aliphatic rings. The Bertz CT molecular complexity index is 560. The van der Waals surface area contributed by atoms with Gasteiger partial charge in [-0.3, -0.25) is 4.98 Å². The average molecular weight is 343 g/mol. The number of hydrogen-bond acceptors (Lipinski definition) is 3. The largest absolute Gasteiger partial charge is 0.496 e. The smallest absolute Gasteiger partial charge is 0.124 e. The van der Waals surface area contributed by atoms with Crippen molar-refractivity contribution in [3.63, 3.8) is 0 Å². The predicted molar refractivity (Wildman–Crippen MR) is 78.6 cm³/mol. The molecular formula is C14H13BrClNO2. The van der Waals surface area contributed by atoms with E-state index < -0.39 is 6.10 Å². The summed E-state index contributed by atoms with van der Waals surface area (Å²) in [6.07, 6.45) is 1.41. The first kappa shape index (κ1) is 14.3. The first-order valence-corrected chi connectivity index (χ1v) is 6.89. The Labute approximate surface area is 125 Å². The lowest BCUT2D eigenvalue weighted by Crippen LogP contribution is -2.05. The van der Waals surface area contributed by atoms with Gasteiger partial charge in [-0.1, -0.05) is 11.6 Å². The van der Waals surface area contributed by atoms with E-state index in [-0.39, 0.29) is 0 Å². The summed E-state index contributed by atoms with van der Waals surface area (Å²) < 4.78 is 6.14. The SMILES string of the molecule is COc1ccc(Cl)cc1C(O)Cc1ccc(Br)cn1. The van der Waals surface area contributed by atoms with Gasteiger partial charge < -0.3 is 9.84 Å². The summed E-state index contributed by atoms with van der Waals surface area (Å²) in [7, 11) is 1.57. The zero-order valence-corrected chi connectivity index (χ0v) is 12.6. The minimum absolute atomic E-state index is 0.407. The van der Waals surface area contributed by atoms with Crippen LogP contribution in [0.2, 0.25) is 5.02 Å². The molecule has 1 aromatic carbocycles. The van der Waals surface area contributed by atoms with E-state index in [9.17, 15) is 5.11 Å². The summed E-state index contributed by atoms with van der Waals surface area (Å²) >= 11 is 9.28. The Morgan fingerprint density at radius 3 is 2.79 bits per heavy atom. The van der Waals surface area contributed by atoms with Crippen LogP contribution in [0.1, 0.15) is 17.4 Å². The molecule has 0 spiro atoms. The third kappa shape index (κ3) is 3.69. The Morgan fingerprint density at radius 1 is 1.37 bits per heavy atom.